The van der Waals surface area contributed by atoms with Gasteiger partial charge in [0.15, 0.2) is 0 Å². The molecule has 1 aromatic heterocycles. The van der Waals surface area contributed by atoms with Gasteiger partial charge in [-0.25, -0.2) is 4.79 Å². The van der Waals surface area contributed by atoms with Crippen LogP contribution in [0.4, 0.5) is 0 Å². The first-order valence-corrected chi connectivity index (χ1v) is 7.18. The van der Waals surface area contributed by atoms with Crippen LogP contribution >= 0.6 is 0 Å². The number of rotatable bonds is 4. The van der Waals surface area contributed by atoms with Crippen LogP contribution in [0.25, 0.3) is 22.1 Å². The first-order valence-electron chi connectivity index (χ1n) is 7.18. The summed E-state index contributed by atoms with van der Waals surface area (Å²) >= 11 is 0. The van der Waals surface area contributed by atoms with Crippen LogP contribution in [0.1, 0.15) is 16.7 Å². The molecule has 0 aliphatic rings. The third kappa shape index (κ3) is 2.90. The van der Waals surface area contributed by atoms with Gasteiger partial charge in [-0.05, 0) is 40.5 Å². The Morgan fingerprint density at radius 2 is 1.48 bits per heavy atom. The maximum absolute atomic E-state index is 12.2. The zero-order valence-electron chi connectivity index (χ0n) is 12.3. The molecule has 118 valence electrons. The predicted octanol–water partition coefficient (Wildman–Crippen LogP) is 1.94. The number of hydrogen-bond donors (Lipinski definition) is 3. The van der Waals surface area contributed by atoms with Gasteiger partial charge in [-0.15, -0.1) is 0 Å². The lowest BCUT2D eigenvalue weighted by molar-refractivity contribution is 0.260. The van der Waals surface area contributed by atoms with Gasteiger partial charge in [0, 0.05) is 5.39 Å². The Bertz CT molecular complexity index is 894. The van der Waals surface area contributed by atoms with Crippen molar-refractivity contribution in [2.75, 3.05) is 0 Å². The molecular formula is C18H16O5. The van der Waals surface area contributed by atoms with Gasteiger partial charge in [0.05, 0.1) is 25.4 Å². The molecule has 3 N–H and O–H groups in total. The van der Waals surface area contributed by atoms with Gasteiger partial charge < -0.3 is 19.7 Å². The Labute approximate surface area is 132 Å². The lowest BCUT2D eigenvalue weighted by Crippen LogP contribution is -2.04. The van der Waals surface area contributed by atoms with Crippen LogP contribution in [0.5, 0.6) is 0 Å². The molecule has 0 radical (unpaired) electrons. The number of benzene rings is 2. The monoisotopic (exact) mass is 312 g/mol. The smallest absolute Gasteiger partial charge is 0.344 e. The fourth-order valence-corrected chi connectivity index (χ4v) is 2.54. The lowest BCUT2D eigenvalue weighted by Gasteiger charge is -2.08. The van der Waals surface area contributed by atoms with E-state index in [1.54, 1.807) is 42.5 Å². The molecule has 23 heavy (non-hydrogen) atoms. The fourth-order valence-electron chi connectivity index (χ4n) is 2.54. The molecule has 0 unspecified atom stereocenters. The molecule has 0 atom stereocenters. The third-order valence-corrected chi connectivity index (χ3v) is 3.84. The van der Waals surface area contributed by atoms with Crippen LogP contribution in [0.15, 0.2) is 51.7 Å². The molecule has 0 saturated carbocycles. The zero-order valence-corrected chi connectivity index (χ0v) is 12.3. The largest absolute Gasteiger partial charge is 0.422 e. The Morgan fingerprint density at radius 3 is 2.09 bits per heavy atom. The second-order valence-electron chi connectivity index (χ2n) is 5.28. The maximum Gasteiger partial charge on any atom is 0.344 e. The van der Waals surface area contributed by atoms with Gasteiger partial charge in [-0.2, -0.15) is 0 Å². The summed E-state index contributed by atoms with van der Waals surface area (Å²) < 4.78 is 5.35. The molecule has 0 amide bonds. The first-order chi connectivity index (χ1) is 11.2. The van der Waals surface area contributed by atoms with Crippen molar-refractivity contribution in [2.45, 2.75) is 19.8 Å². The minimum Gasteiger partial charge on any atom is -0.422 e. The third-order valence-electron chi connectivity index (χ3n) is 3.84. The van der Waals surface area contributed by atoms with E-state index in [0.717, 1.165) is 5.56 Å². The summed E-state index contributed by atoms with van der Waals surface area (Å²) in [6.45, 7) is -0.498. The minimum atomic E-state index is -0.477. The molecule has 0 aliphatic carbocycles. The van der Waals surface area contributed by atoms with Gasteiger partial charge in [-0.3, -0.25) is 0 Å². The van der Waals surface area contributed by atoms with Crippen molar-refractivity contribution < 1.29 is 19.7 Å². The second kappa shape index (κ2) is 6.34. The summed E-state index contributed by atoms with van der Waals surface area (Å²) in [5.74, 6) is 0. The first kappa shape index (κ1) is 15.4. The van der Waals surface area contributed by atoms with E-state index in [0.29, 0.717) is 33.2 Å². The van der Waals surface area contributed by atoms with Crippen LogP contribution in [0, 0.1) is 0 Å². The fraction of sp³-hybridized carbons (Fsp3) is 0.167. The van der Waals surface area contributed by atoms with E-state index >= 15 is 0 Å². The molecular weight excluding hydrogens is 296 g/mol. The summed E-state index contributed by atoms with van der Waals surface area (Å²) in [5.41, 5.74) is 2.87. The van der Waals surface area contributed by atoms with Crippen molar-refractivity contribution in [1.82, 2.24) is 0 Å². The topological polar surface area (TPSA) is 90.9 Å². The molecule has 0 spiro atoms. The second-order valence-corrected chi connectivity index (χ2v) is 5.28. The van der Waals surface area contributed by atoms with E-state index in [2.05, 4.69) is 0 Å². The molecule has 1 heterocycles. The van der Waals surface area contributed by atoms with Gasteiger partial charge in [-0.1, -0.05) is 24.3 Å². The molecule has 0 bridgehead atoms. The van der Waals surface area contributed by atoms with E-state index in [4.69, 9.17) is 9.52 Å². The van der Waals surface area contributed by atoms with E-state index in [9.17, 15) is 15.0 Å². The average Bonchev–Trinajstić information content (AvgIpc) is 2.60. The average molecular weight is 312 g/mol. The van der Waals surface area contributed by atoms with E-state index in [1.807, 2.05) is 0 Å². The van der Waals surface area contributed by atoms with Crippen LogP contribution in [0.2, 0.25) is 0 Å². The van der Waals surface area contributed by atoms with Crippen molar-refractivity contribution in [2.24, 2.45) is 0 Å². The van der Waals surface area contributed by atoms with Crippen molar-refractivity contribution in [3.8, 4) is 11.1 Å². The van der Waals surface area contributed by atoms with Crippen molar-refractivity contribution >= 4 is 11.0 Å². The molecule has 3 rings (SSSR count). The summed E-state index contributed by atoms with van der Waals surface area (Å²) in [4.78, 5) is 12.2. The van der Waals surface area contributed by atoms with Crippen molar-refractivity contribution in [1.29, 1.82) is 0 Å². The SMILES string of the molecule is O=c1oc2cc(CO)c(CO)cc2cc1-c1ccc(CO)cc1. The highest BCUT2D eigenvalue weighted by molar-refractivity contribution is 5.83. The molecule has 0 aliphatic heterocycles. The Hall–Kier alpha value is -2.47. The predicted molar refractivity (Wildman–Crippen MR) is 85.7 cm³/mol. The number of aliphatic hydroxyl groups excluding tert-OH is 3. The van der Waals surface area contributed by atoms with Crippen LogP contribution in [0.3, 0.4) is 0 Å². The van der Waals surface area contributed by atoms with Crippen LogP contribution < -0.4 is 5.63 Å². The Balaban J connectivity index is 2.17. The quantitative estimate of drug-likeness (QED) is 0.640. The molecule has 5 heteroatoms. The summed E-state index contributed by atoms with van der Waals surface area (Å²) in [6, 6.07) is 12.0. The van der Waals surface area contributed by atoms with Crippen LogP contribution in [-0.2, 0) is 19.8 Å². The molecule has 2 aromatic carbocycles. The Kier molecular flexibility index (Phi) is 4.25. The van der Waals surface area contributed by atoms with Crippen molar-refractivity contribution in [3.63, 3.8) is 0 Å². The van der Waals surface area contributed by atoms with E-state index in [1.165, 1.54) is 0 Å². The van der Waals surface area contributed by atoms with E-state index in [-0.39, 0.29) is 19.8 Å². The van der Waals surface area contributed by atoms with Gasteiger partial charge in [0.2, 0.25) is 0 Å². The van der Waals surface area contributed by atoms with Gasteiger partial charge in [0.25, 0.3) is 0 Å². The van der Waals surface area contributed by atoms with Gasteiger partial charge in [0.1, 0.15) is 5.58 Å². The Morgan fingerprint density at radius 1 is 0.826 bits per heavy atom. The highest BCUT2D eigenvalue weighted by atomic mass is 16.4. The molecule has 0 fully saturated rings. The standard InChI is InChI=1S/C18H16O5/c19-8-11-1-3-12(4-2-11)16-6-13-5-14(9-20)15(10-21)7-17(13)23-18(16)22/h1-7,19-21H,8-10H2. The normalized spacial score (nSPS) is 11.1. The molecule has 0 saturated heterocycles. The van der Waals surface area contributed by atoms with Gasteiger partial charge >= 0.3 is 5.63 Å². The molecule has 3 aromatic rings. The minimum absolute atomic E-state index is 0.0591. The maximum atomic E-state index is 12.2. The summed E-state index contributed by atoms with van der Waals surface area (Å²) in [6.07, 6.45) is 0. The number of aliphatic hydroxyl groups is 3. The number of hydrogen-bond acceptors (Lipinski definition) is 5. The highest BCUT2D eigenvalue weighted by Crippen LogP contribution is 2.24. The number of fused-ring (bicyclic) bond motifs is 1. The summed E-state index contributed by atoms with van der Waals surface area (Å²) in [5, 5.41) is 28.4. The highest BCUT2D eigenvalue weighted by Gasteiger charge is 2.11. The molecule has 5 nitrogen and oxygen atoms in total. The van der Waals surface area contributed by atoms with Crippen LogP contribution in [-0.4, -0.2) is 15.3 Å². The van der Waals surface area contributed by atoms with Crippen molar-refractivity contribution in [3.05, 3.63) is 69.6 Å². The summed E-state index contributed by atoms with van der Waals surface area (Å²) in [7, 11) is 0. The lowest BCUT2D eigenvalue weighted by atomic mass is 10.0. The zero-order chi connectivity index (χ0) is 16.4. The van der Waals surface area contributed by atoms with E-state index < -0.39 is 5.63 Å².